The summed E-state index contributed by atoms with van der Waals surface area (Å²) in [7, 11) is 0. The van der Waals surface area contributed by atoms with Crippen molar-refractivity contribution in [1.82, 2.24) is 38.7 Å². The van der Waals surface area contributed by atoms with Crippen LogP contribution in [0.5, 0.6) is 0 Å². The zero-order valence-electron chi connectivity index (χ0n) is 78.5. The minimum absolute atomic E-state index is 0.0178. The van der Waals surface area contributed by atoms with E-state index in [2.05, 4.69) is 9.97 Å². The third-order valence-electron chi connectivity index (χ3n) is 14.9. The van der Waals surface area contributed by atoms with E-state index in [0.717, 1.165) is 50.6 Å². The number of hydrogen-bond acceptors (Lipinski definition) is 10. The Hall–Kier alpha value is -7.92. The molecular weight excluding hydrogens is 1270 g/mol. The first-order chi connectivity index (χ1) is 55.9. The first kappa shape index (κ1) is 43.3. The molecule has 502 valence electrons. The van der Waals surface area contributed by atoms with Crippen LogP contribution in [0.3, 0.4) is 0 Å². The van der Waals surface area contributed by atoms with Crippen molar-refractivity contribution in [2.24, 2.45) is 0 Å². The van der Waals surface area contributed by atoms with Crippen molar-refractivity contribution in [3.8, 4) is 22.3 Å². The van der Waals surface area contributed by atoms with Gasteiger partial charge in [-0.3, -0.25) is 19.2 Å². The Morgan fingerprint density at radius 3 is 1.64 bits per heavy atom. The van der Waals surface area contributed by atoms with E-state index in [1.807, 2.05) is 6.92 Å². The molecule has 2 aliphatic carbocycles. The molecule has 8 aromatic rings. The summed E-state index contributed by atoms with van der Waals surface area (Å²) in [6.45, 7) is -4.35. The van der Waals surface area contributed by atoms with Gasteiger partial charge in [0.2, 0.25) is 11.8 Å². The third-order valence-corrected chi connectivity index (χ3v) is 16.5. The second-order valence-corrected chi connectivity index (χ2v) is 22.5. The van der Waals surface area contributed by atoms with Crippen molar-refractivity contribution in [3.05, 3.63) is 233 Å². The molecule has 2 amide bonds. The summed E-state index contributed by atoms with van der Waals surface area (Å²) in [5.41, 5.74) is -13.9. The fourth-order valence-electron chi connectivity index (χ4n) is 9.85. The van der Waals surface area contributed by atoms with Crippen molar-refractivity contribution in [3.63, 3.8) is 0 Å². The molecule has 0 unspecified atom stereocenters. The van der Waals surface area contributed by atoms with Crippen LogP contribution in [-0.2, 0) is 85.1 Å². The van der Waals surface area contributed by atoms with Crippen molar-refractivity contribution in [2.45, 2.75) is 133 Å². The maximum atomic E-state index is 14.9. The number of alkyl halides is 6. The number of amides is 2. The van der Waals surface area contributed by atoms with Crippen molar-refractivity contribution < 1.29 is 81.7 Å². The number of rotatable bonds is 26. The third kappa shape index (κ3) is 19.0. The smallest absolute Gasteiger partial charge is 0.336 e. The standard InChI is InChI=1S/C37H40F4N4O2S.C36H38F4N4O2S/c1-4-43(5-2)19-20-44(22-26-9-13-28(14-10-26)29-15-18-32(25(3)21-29)37(39,40)41)34(46)23-45-33-8-6-7-31(33)35(47)42-36(45)48-24-27-11-16-30(38)17-12-27;1-3-42(4-2)20-21-43(22-25-8-12-27(13-9-25)28-14-16-29(17-15-28)36(38,39)40)33(45)23-44-32-7-5-6-31(32)34(46)41-35(44)47-24-26-10-18-30(37)19-11-26/h9-18,21H,4-8,19-20,22-24H2,1-3H3;8-19H,3-7,20-24H2,1-2H3/i4D2,5D2,6D2,7D2,8D2,9D,10D,11D,12D,13D,14D,15D,16D,17D,18D,21D,24D2;3D2,24D2. The normalized spacial score (nSPS) is 19.3. The fraction of sp³-hybridized carbons (Fsp3) is 0.370. The van der Waals surface area contributed by atoms with Gasteiger partial charge in [-0.25, -0.2) is 8.78 Å². The van der Waals surface area contributed by atoms with E-state index in [4.69, 9.17) is 37.0 Å². The Morgan fingerprint density at radius 1 is 0.558 bits per heavy atom. The van der Waals surface area contributed by atoms with E-state index >= 15 is 0 Å². The number of benzene rings is 6. The lowest BCUT2D eigenvalue weighted by atomic mass is 9.98. The van der Waals surface area contributed by atoms with Gasteiger partial charge in [0.15, 0.2) is 10.3 Å². The summed E-state index contributed by atoms with van der Waals surface area (Å²) in [6, 6.07) is 3.53. The van der Waals surface area contributed by atoms with Crippen LogP contribution in [0.2, 0.25) is 0 Å². The van der Waals surface area contributed by atoms with Gasteiger partial charge in [0.1, 0.15) is 24.7 Å². The van der Waals surface area contributed by atoms with Gasteiger partial charge in [0.05, 0.1) is 26.2 Å². The average Bonchev–Trinajstić information content (AvgIpc) is 1.52. The molecule has 2 aromatic heterocycles. The molecule has 0 N–H and O–H groups in total. The number of carbonyl (C=O) groups is 2. The zero-order chi connectivity index (χ0) is 91.9. The van der Waals surface area contributed by atoms with Crippen LogP contribution in [0.25, 0.3) is 22.3 Å². The predicted molar refractivity (Wildman–Crippen MR) is 358 cm³/mol. The largest absolute Gasteiger partial charge is 0.416 e. The molecular formula is C73H78F8N8O4S2. The number of fused-ring (bicyclic) bond motifs is 2. The highest BCUT2D eigenvalue weighted by atomic mass is 32.2. The molecule has 0 atom stereocenters. The van der Waals surface area contributed by atoms with Gasteiger partial charge in [-0.2, -0.15) is 36.3 Å². The van der Waals surface area contributed by atoms with Crippen molar-refractivity contribution >= 4 is 35.3 Å². The van der Waals surface area contributed by atoms with Crippen LogP contribution in [0.15, 0.2) is 159 Å². The molecule has 0 spiro atoms. The molecule has 0 aliphatic heterocycles. The van der Waals surface area contributed by atoms with Crippen LogP contribution in [0.4, 0.5) is 35.1 Å². The number of thioether (sulfide) groups is 2. The number of aromatic nitrogens is 4. The minimum atomic E-state index is -5.22. The summed E-state index contributed by atoms with van der Waals surface area (Å²) in [5, 5.41) is -1.09. The Bertz CT molecular complexity index is 5400. The highest BCUT2D eigenvalue weighted by Gasteiger charge is 2.33. The van der Waals surface area contributed by atoms with E-state index < -0.39 is 239 Å². The molecule has 2 heterocycles. The number of halogens is 8. The lowest BCUT2D eigenvalue weighted by Crippen LogP contribution is -2.40. The van der Waals surface area contributed by atoms with Gasteiger partial charge in [0, 0.05) is 95.1 Å². The van der Waals surface area contributed by atoms with Gasteiger partial charge in [-0.15, -0.1) is 0 Å². The topological polar surface area (TPSA) is 117 Å². The molecule has 0 bridgehead atoms. The van der Waals surface area contributed by atoms with Crippen molar-refractivity contribution in [1.29, 1.82) is 0 Å². The summed E-state index contributed by atoms with van der Waals surface area (Å²) >= 11 is 0.374. The first-order valence-electron chi connectivity index (χ1n) is 42.7. The second kappa shape index (κ2) is 32.7. The maximum absolute atomic E-state index is 14.9. The first-order valence-corrected chi connectivity index (χ1v) is 30.8. The fourth-order valence-corrected chi connectivity index (χ4v) is 11.3. The van der Waals surface area contributed by atoms with Crippen LogP contribution in [-0.4, -0.2) is 103 Å². The summed E-state index contributed by atoms with van der Waals surface area (Å²) in [4.78, 5) is 68.0. The van der Waals surface area contributed by atoms with Crippen molar-refractivity contribution in [2.75, 3.05) is 52.2 Å². The summed E-state index contributed by atoms with van der Waals surface area (Å²) in [5.74, 6) is -3.98. The van der Waals surface area contributed by atoms with Gasteiger partial charge in [-0.1, -0.05) is 148 Å². The highest BCUT2D eigenvalue weighted by molar-refractivity contribution is 7.98. The van der Waals surface area contributed by atoms with Crippen LogP contribution in [0.1, 0.15) is 139 Å². The summed E-state index contributed by atoms with van der Waals surface area (Å²) < 4.78 is 340. The van der Waals surface area contributed by atoms with Crippen LogP contribution < -0.4 is 11.1 Å². The highest BCUT2D eigenvalue weighted by Crippen LogP contribution is 2.36. The minimum Gasteiger partial charge on any atom is -0.336 e. The molecule has 0 saturated carbocycles. The molecule has 6 aromatic carbocycles. The Labute approximate surface area is 595 Å². The molecule has 0 fully saturated rings. The number of likely N-dealkylation sites (N-methyl/N-ethyl adjacent to an activating group) is 2. The average molecular weight is 1370 g/mol. The molecule has 0 radical (unpaired) electrons. The van der Waals surface area contributed by atoms with E-state index in [1.54, 1.807) is 38.6 Å². The molecule has 10 rings (SSSR count). The molecule has 0 saturated heterocycles. The number of carbonyl (C=O) groups excluding carboxylic acids is 2. The maximum Gasteiger partial charge on any atom is 0.416 e. The monoisotopic (exact) mass is 1370 g/mol. The molecule has 2 aliphatic rings. The number of hydrogen-bond donors (Lipinski definition) is 0. The van der Waals surface area contributed by atoms with E-state index in [9.17, 15) is 54.3 Å². The Balaban J connectivity index is 0.000000292. The van der Waals surface area contributed by atoms with Gasteiger partial charge >= 0.3 is 12.4 Å². The van der Waals surface area contributed by atoms with Crippen LogP contribution in [0, 0.1) is 18.6 Å². The zero-order valence-corrected chi connectivity index (χ0v) is 53.1. The Kier molecular flexibility index (Phi) is 14.9. The van der Waals surface area contributed by atoms with E-state index in [-0.39, 0.29) is 54.6 Å². The quantitative estimate of drug-likeness (QED) is 0.0295. The van der Waals surface area contributed by atoms with E-state index in [0.29, 0.717) is 74.3 Å². The SMILES string of the molecule is [2H]C([2H])(Sc1nc(=O)c2c(n1CC(=O)N(CCN(CC)C([2H])([2H])C)Cc1ccc(-c3ccc(C(F)(F)F)cc3)cc1)CCC2)c1ccc(F)cc1.[2H]c1c([2H])c(C([2H])([2H])Sc2nc(=O)c3c(n2CC(=O)N(CCN(C([2H])([2H])C)C([2H])([2H])C)Cc2c([2H])c([2H])c(-c4c([2H])c([2H])c(C(F)(F)F)c(C)c4[2H])c([2H])c2[2H])C([2H])([2H])C([2H])([2H])C3([2H])[2H])c([2H])c([2H])c1F. The predicted octanol–water partition coefficient (Wildman–Crippen LogP) is 14.7. The summed E-state index contributed by atoms with van der Waals surface area (Å²) in [6.07, 6.45) is -18.9. The second-order valence-electron chi connectivity index (χ2n) is 21.0. The van der Waals surface area contributed by atoms with Gasteiger partial charge in [0.25, 0.3) is 11.1 Å². The van der Waals surface area contributed by atoms with E-state index in [1.165, 1.54) is 31.2 Å². The lowest BCUT2D eigenvalue weighted by Gasteiger charge is -2.28. The van der Waals surface area contributed by atoms with Gasteiger partial charge in [-0.05, 0) is 164 Å². The molecule has 22 heteroatoms. The van der Waals surface area contributed by atoms with Gasteiger partial charge < -0.3 is 28.7 Å². The number of nitrogens with zero attached hydrogens (tertiary/aromatic N) is 8. The Morgan fingerprint density at radius 2 is 1.07 bits per heavy atom. The molecule has 12 nitrogen and oxygen atoms in total. The molecule has 95 heavy (non-hydrogen) atoms. The lowest BCUT2D eigenvalue weighted by molar-refractivity contribution is -0.138. The van der Waals surface area contributed by atoms with Crippen LogP contribution >= 0.6 is 23.5 Å².